The molecular weight excluding hydrogens is 327 g/mol. The fourth-order valence-corrected chi connectivity index (χ4v) is 3.30. The molecule has 1 amide bonds. The van der Waals surface area contributed by atoms with E-state index in [1.165, 1.54) is 13.2 Å². The van der Waals surface area contributed by atoms with Gasteiger partial charge in [0.25, 0.3) is 0 Å². The number of halogens is 1. The number of ether oxygens (including phenoxy) is 1. The number of methoxy groups -OCH3 is 1. The van der Waals surface area contributed by atoms with E-state index in [9.17, 15) is 14.0 Å². The molecule has 2 fully saturated rings. The van der Waals surface area contributed by atoms with Crippen LogP contribution in [0.5, 0.6) is 0 Å². The summed E-state index contributed by atoms with van der Waals surface area (Å²) in [5, 5.41) is 6.19. The second-order valence-corrected chi connectivity index (χ2v) is 6.29. The Bertz CT molecular complexity index is 634. The van der Waals surface area contributed by atoms with E-state index in [-0.39, 0.29) is 42.9 Å². The highest BCUT2D eigenvalue weighted by Crippen LogP contribution is 2.21. The van der Waals surface area contributed by atoms with Crippen LogP contribution in [0.15, 0.2) is 24.3 Å². The van der Waals surface area contributed by atoms with Crippen molar-refractivity contribution in [2.45, 2.75) is 25.2 Å². The number of carbonyl (C=O) groups is 2. The zero-order chi connectivity index (χ0) is 17.8. The quantitative estimate of drug-likeness (QED) is 0.760. The first-order valence-corrected chi connectivity index (χ1v) is 8.42. The number of para-hydroxylation sites is 1. The second kappa shape index (κ2) is 7.79. The molecule has 25 heavy (non-hydrogen) atoms. The third-order valence-corrected chi connectivity index (χ3v) is 4.64. The topological polar surface area (TPSA) is 73.9 Å². The van der Waals surface area contributed by atoms with E-state index in [1.807, 2.05) is 11.0 Å². The zero-order valence-electron chi connectivity index (χ0n) is 14.2. The maximum absolute atomic E-state index is 13.9. The lowest BCUT2D eigenvalue weighted by atomic mass is 10.1. The molecule has 0 saturated carbocycles. The van der Waals surface area contributed by atoms with E-state index in [2.05, 4.69) is 20.3 Å². The summed E-state index contributed by atoms with van der Waals surface area (Å²) in [6.45, 7) is 2.68. The summed E-state index contributed by atoms with van der Waals surface area (Å²) >= 11 is 0. The third kappa shape index (κ3) is 4.26. The monoisotopic (exact) mass is 350 g/mol. The van der Waals surface area contributed by atoms with Crippen LogP contribution in [-0.4, -0.2) is 62.4 Å². The highest BCUT2D eigenvalue weighted by Gasteiger charge is 2.32. The normalized spacial score (nSPS) is 24.7. The Labute approximate surface area is 146 Å². The largest absolute Gasteiger partial charge is 0.469 e. The van der Waals surface area contributed by atoms with Gasteiger partial charge in [-0.1, -0.05) is 12.1 Å². The minimum absolute atomic E-state index is 0.0887. The molecule has 2 atom stereocenters. The van der Waals surface area contributed by atoms with Crippen molar-refractivity contribution in [2.75, 3.05) is 38.2 Å². The molecule has 0 spiro atoms. The molecule has 2 aliphatic rings. The summed E-state index contributed by atoms with van der Waals surface area (Å²) in [4.78, 5) is 27.5. The highest BCUT2D eigenvalue weighted by atomic mass is 19.1. The zero-order valence-corrected chi connectivity index (χ0v) is 14.2. The van der Waals surface area contributed by atoms with Crippen molar-refractivity contribution in [1.29, 1.82) is 0 Å². The number of esters is 1. The second-order valence-electron chi connectivity index (χ2n) is 6.29. The summed E-state index contributed by atoms with van der Waals surface area (Å²) < 4.78 is 18.6. The number of rotatable bonds is 4. The molecule has 0 radical (unpaired) electrons. The minimum Gasteiger partial charge on any atom is -0.469 e. The smallest absolute Gasteiger partial charge is 0.307 e. The molecule has 1 aromatic rings. The molecule has 2 unspecified atom stereocenters. The SMILES string of the molecule is COC(=O)CC1CC(=O)NC(N2CCN(c3ccccc3F)CC2)N1. The van der Waals surface area contributed by atoms with Crippen LogP contribution in [0, 0.1) is 5.82 Å². The molecule has 136 valence electrons. The Hall–Kier alpha value is -2.19. The lowest BCUT2D eigenvalue weighted by molar-refractivity contribution is -0.142. The predicted molar refractivity (Wildman–Crippen MR) is 90.3 cm³/mol. The number of piperazine rings is 1. The number of nitrogens with one attached hydrogen (secondary N) is 2. The fraction of sp³-hybridized carbons (Fsp3) is 0.529. The lowest BCUT2D eigenvalue weighted by Gasteiger charge is -2.43. The fourth-order valence-electron chi connectivity index (χ4n) is 3.30. The van der Waals surface area contributed by atoms with Crippen LogP contribution in [-0.2, 0) is 14.3 Å². The Balaban J connectivity index is 1.57. The van der Waals surface area contributed by atoms with Gasteiger partial charge in [-0.05, 0) is 12.1 Å². The maximum atomic E-state index is 13.9. The van der Waals surface area contributed by atoms with Gasteiger partial charge in [-0.25, -0.2) is 4.39 Å². The van der Waals surface area contributed by atoms with Crippen LogP contribution in [0.2, 0.25) is 0 Å². The van der Waals surface area contributed by atoms with E-state index in [1.54, 1.807) is 12.1 Å². The molecular formula is C17H23FN4O3. The molecule has 3 rings (SSSR count). The first kappa shape index (κ1) is 17.6. The number of anilines is 1. The number of nitrogens with zero attached hydrogens (tertiary/aromatic N) is 2. The summed E-state index contributed by atoms with van der Waals surface area (Å²) in [6.07, 6.45) is 0.0924. The molecule has 2 aliphatic heterocycles. The van der Waals surface area contributed by atoms with Crippen LogP contribution in [0.25, 0.3) is 0 Å². The van der Waals surface area contributed by atoms with Gasteiger partial charge in [0.2, 0.25) is 5.91 Å². The number of benzene rings is 1. The minimum atomic E-state index is -0.338. The molecule has 1 aromatic carbocycles. The number of carbonyl (C=O) groups excluding carboxylic acids is 2. The van der Waals surface area contributed by atoms with Crippen LogP contribution in [0.4, 0.5) is 10.1 Å². The molecule has 2 N–H and O–H groups in total. The molecule has 0 aliphatic carbocycles. The van der Waals surface area contributed by atoms with Gasteiger partial charge >= 0.3 is 5.97 Å². The Kier molecular flexibility index (Phi) is 5.50. The van der Waals surface area contributed by atoms with Crippen LogP contribution < -0.4 is 15.5 Å². The number of hydrogen-bond acceptors (Lipinski definition) is 6. The third-order valence-electron chi connectivity index (χ3n) is 4.64. The van der Waals surface area contributed by atoms with Crippen molar-refractivity contribution in [2.24, 2.45) is 0 Å². The van der Waals surface area contributed by atoms with Gasteiger partial charge in [0, 0.05) is 38.6 Å². The summed E-state index contributed by atoms with van der Waals surface area (Å²) in [5.74, 6) is -0.650. The number of hydrogen-bond donors (Lipinski definition) is 2. The van der Waals surface area contributed by atoms with Gasteiger partial charge in [-0.3, -0.25) is 19.8 Å². The average Bonchev–Trinajstić information content (AvgIpc) is 2.62. The summed E-state index contributed by atoms with van der Waals surface area (Å²) in [7, 11) is 1.34. The van der Waals surface area contributed by atoms with Crippen molar-refractivity contribution < 1.29 is 18.7 Å². The van der Waals surface area contributed by atoms with Crippen LogP contribution in [0.1, 0.15) is 12.8 Å². The van der Waals surface area contributed by atoms with E-state index >= 15 is 0 Å². The van der Waals surface area contributed by atoms with E-state index < -0.39 is 0 Å². The predicted octanol–water partition coefficient (Wildman–Crippen LogP) is 0.273. The summed E-state index contributed by atoms with van der Waals surface area (Å²) in [5.41, 5.74) is 0.603. The van der Waals surface area contributed by atoms with Crippen LogP contribution in [0.3, 0.4) is 0 Å². The maximum Gasteiger partial charge on any atom is 0.307 e. The van der Waals surface area contributed by atoms with Crippen molar-refractivity contribution in [3.63, 3.8) is 0 Å². The van der Waals surface area contributed by atoms with Gasteiger partial charge in [-0.15, -0.1) is 0 Å². The number of amides is 1. The Morgan fingerprint density at radius 2 is 2.00 bits per heavy atom. The molecule has 7 nitrogen and oxygen atoms in total. The van der Waals surface area contributed by atoms with E-state index in [0.717, 1.165) is 0 Å². The van der Waals surface area contributed by atoms with Gasteiger partial charge in [-0.2, -0.15) is 0 Å². The Morgan fingerprint density at radius 1 is 1.28 bits per heavy atom. The van der Waals surface area contributed by atoms with E-state index in [0.29, 0.717) is 31.9 Å². The highest BCUT2D eigenvalue weighted by molar-refractivity contribution is 5.79. The first-order chi connectivity index (χ1) is 12.1. The van der Waals surface area contributed by atoms with Gasteiger partial charge in [0.1, 0.15) is 12.1 Å². The van der Waals surface area contributed by atoms with E-state index in [4.69, 9.17) is 0 Å². The molecule has 8 heteroatoms. The van der Waals surface area contributed by atoms with Crippen molar-refractivity contribution in [3.8, 4) is 0 Å². The van der Waals surface area contributed by atoms with Crippen molar-refractivity contribution in [1.82, 2.24) is 15.5 Å². The Morgan fingerprint density at radius 3 is 2.68 bits per heavy atom. The first-order valence-electron chi connectivity index (χ1n) is 8.42. The van der Waals surface area contributed by atoms with Crippen molar-refractivity contribution >= 4 is 17.6 Å². The average molecular weight is 350 g/mol. The standard InChI is InChI=1S/C17H23FN4O3/c1-25-16(24)11-12-10-15(23)20-17(19-12)22-8-6-21(7-9-22)14-5-3-2-4-13(14)18/h2-5,12,17,19H,6-11H2,1H3,(H,20,23). The molecule has 0 bridgehead atoms. The van der Waals surface area contributed by atoms with Crippen LogP contribution >= 0.6 is 0 Å². The molecule has 2 heterocycles. The molecule has 2 saturated heterocycles. The molecule has 0 aromatic heterocycles. The van der Waals surface area contributed by atoms with Gasteiger partial charge in [0.05, 0.1) is 19.2 Å². The van der Waals surface area contributed by atoms with Gasteiger partial charge < -0.3 is 15.0 Å². The van der Waals surface area contributed by atoms with Gasteiger partial charge in [0.15, 0.2) is 0 Å². The summed E-state index contributed by atoms with van der Waals surface area (Å²) in [6, 6.07) is 6.50. The van der Waals surface area contributed by atoms with Crippen molar-refractivity contribution in [3.05, 3.63) is 30.1 Å². The lowest BCUT2D eigenvalue weighted by Crippen LogP contribution is -2.66.